The van der Waals surface area contributed by atoms with Crippen LogP contribution in [-0.4, -0.2) is 22.5 Å². The quantitative estimate of drug-likeness (QED) is 0.848. The fourth-order valence-electron chi connectivity index (χ4n) is 2.46. The Hall–Kier alpha value is -2.29. The second kappa shape index (κ2) is 4.76. The summed E-state index contributed by atoms with van der Waals surface area (Å²) in [4.78, 5) is 14.2. The molecule has 0 aliphatic carbocycles. The highest BCUT2D eigenvalue weighted by molar-refractivity contribution is 5.94. The summed E-state index contributed by atoms with van der Waals surface area (Å²) in [6, 6.07) is 14.7. The average Bonchev–Trinajstić information content (AvgIpc) is 2.47. The van der Waals surface area contributed by atoms with Gasteiger partial charge in [0.15, 0.2) is 0 Å². The lowest BCUT2D eigenvalue weighted by molar-refractivity contribution is 0.0734. The van der Waals surface area contributed by atoms with Crippen LogP contribution in [-0.2, 0) is 13.0 Å². The zero-order valence-electron chi connectivity index (χ0n) is 10.5. The van der Waals surface area contributed by atoms with Crippen LogP contribution in [0.3, 0.4) is 0 Å². The lowest BCUT2D eigenvalue weighted by Crippen LogP contribution is -2.35. The molecule has 3 heteroatoms. The number of rotatable bonds is 1. The molecule has 0 saturated heterocycles. The number of carbonyl (C=O) groups excluding carboxylic acids is 1. The van der Waals surface area contributed by atoms with E-state index in [1.54, 1.807) is 24.3 Å². The second-order valence-electron chi connectivity index (χ2n) is 4.79. The summed E-state index contributed by atoms with van der Waals surface area (Å²) in [6.45, 7) is 1.41. The monoisotopic (exact) mass is 253 g/mol. The van der Waals surface area contributed by atoms with Crippen molar-refractivity contribution in [2.45, 2.75) is 13.0 Å². The number of amides is 1. The van der Waals surface area contributed by atoms with Crippen molar-refractivity contribution in [3.8, 4) is 5.75 Å². The number of phenolic OH excluding ortho intramolecular Hbond substituents is 1. The zero-order chi connectivity index (χ0) is 13.2. The van der Waals surface area contributed by atoms with E-state index in [1.807, 2.05) is 17.0 Å². The van der Waals surface area contributed by atoms with Gasteiger partial charge < -0.3 is 10.0 Å². The minimum atomic E-state index is 0.0227. The summed E-state index contributed by atoms with van der Waals surface area (Å²) < 4.78 is 0. The molecule has 1 aliphatic rings. The van der Waals surface area contributed by atoms with Gasteiger partial charge in [-0.25, -0.2) is 0 Å². The Bertz CT molecular complexity index is 604. The molecule has 0 bridgehead atoms. The van der Waals surface area contributed by atoms with Gasteiger partial charge in [-0.15, -0.1) is 0 Å². The first kappa shape index (κ1) is 11.8. The summed E-state index contributed by atoms with van der Waals surface area (Å²) in [7, 11) is 0. The molecule has 0 aromatic heterocycles. The molecule has 19 heavy (non-hydrogen) atoms. The molecule has 1 aliphatic heterocycles. The van der Waals surface area contributed by atoms with Crippen molar-refractivity contribution in [2.24, 2.45) is 0 Å². The highest BCUT2D eigenvalue weighted by Gasteiger charge is 2.21. The molecule has 0 unspecified atom stereocenters. The van der Waals surface area contributed by atoms with Crippen molar-refractivity contribution < 1.29 is 9.90 Å². The van der Waals surface area contributed by atoms with E-state index in [2.05, 4.69) is 12.1 Å². The number of phenols is 1. The number of nitrogens with zero attached hydrogens (tertiary/aromatic N) is 1. The molecular weight excluding hydrogens is 238 g/mol. The van der Waals surface area contributed by atoms with Gasteiger partial charge in [-0.1, -0.05) is 24.3 Å². The van der Waals surface area contributed by atoms with Crippen molar-refractivity contribution >= 4 is 5.91 Å². The first-order valence-electron chi connectivity index (χ1n) is 6.39. The van der Waals surface area contributed by atoms with Crippen LogP contribution < -0.4 is 0 Å². The largest absolute Gasteiger partial charge is 0.508 e. The van der Waals surface area contributed by atoms with Gasteiger partial charge in [0.05, 0.1) is 0 Å². The maximum absolute atomic E-state index is 12.4. The van der Waals surface area contributed by atoms with Gasteiger partial charge >= 0.3 is 0 Å². The maximum atomic E-state index is 12.4. The Labute approximate surface area is 112 Å². The minimum absolute atomic E-state index is 0.0227. The molecule has 2 aromatic carbocycles. The third kappa shape index (κ3) is 2.32. The summed E-state index contributed by atoms with van der Waals surface area (Å²) in [6.07, 6.45) is 0.903. The maximum Gasteiger partial charge on any atom is 0.254 e. The summed E-state index contributed by atoms with van der Waals surface area (Å²) in [5.74, 6) is 0.204. The molecule has 0 spiro atoms. The number of carbonyl (C=O) groups is 1. The number of hydrogen-bond acceptors (Lipinski definition) is 2. The van der Waals surface area contributed by atoms with Crippen molar-refractivity contribution in [2.75, 3.05) is 6.54 Å². The topological polar surface area (TPSA) is 40.5 Å². The highest BCUT2D eigenvalue weighted by Crippen LogP contribution is 2.20. The van der Waals surface area contributed by atoms with E-state index in [0.717, 1.165) is 13.0 Å². The van der Waals surface area contributed by atoms with Crippen LogP contribution in [0.2, 0.25) is 0 Å². The molecule has 0 fully saturated rings. The molecule has 0 atom stereocenters. The number of fused-ring (bicyclic) bond motifs is 1. The van der Waals surface area contributed by atoms with Gasteiger partial charge in [0.25, 0.3) is 5.91 Å². The Morgan fingerprint density at radius 2 is 1.68 bits per heavy atom. The fourth-order valence-corrected chi connectivity index (χ4v) is 2.46. The van der Waals surface area contributed by atoms with Crippen LogP contribution in [0.4, 0.5) is 0 Å². The third-order valence-electron chi connectivity index (χ3n) is 3.53. The molecule has 2 aromatic rings. The Morgan fingerprint density at radius 1 is 1.00 bits per heavy atom. The first-order chi connectivity index (χ1) is 9.24. The molecular formula is C16H15NO2. The van der Waals surface area contributed by atoms with Gasteiger partial charge in [0.2, 0.25) is 0 Å². The normalized spacial score (nSPS) is 14.0. The SMILES string of the molecule is O=C(c1ccc(O)cc1)N1CCc2ccccc2C1. The van der Waals surface area contributed by atoms with Crippen LogP contribution >= 0.6 is 0 Å². The van der Waals surface area contributed by atoms with Crippen LogP contribution in [0.25, 0.3) is 0 Å². The van der Waals surface area contributed by atoms with E-state index >= 15 is 0 Å². The van der Waals surface area contributed by atoms with Gasteiger partial charge in [0, 0.05) is 18.7 Å². The van der Waals surface area contributed by atoms with E-state index in [9.17, 15) is 9.90 Å². The lowest BCUT2D eigenvalue weighted by atomic mass is 9.99. The van der Waals surface area contributed by atoms with Crippen molar-refractivity contribution in [1.29, 1.82) is 0 Å². The van der Waals surface area contributed by atoms with Crippen molar-refractivity contribution in [1.82, 2.24) is 4.90 Å². The van der Waals surface area contributed by atoms with Gasteiger partial charge in [-0.2, -0.15) is 0 Å². The van der Waals surface area contributed by atoms with Gasteiger partial charge in [-0.3, -0.25) is 4.79 Å². The highest BCUT2D eigenvalue weighted by atomic mass is 16.3. The Kier molecular flexibility index (Phi) is 2.95. The molecule has 0 saturated carbocycles. The summed E-state index contributed by atoms with van der Waals surface area (Å²) in [5, 5.41) is 9.25. The van der Waals surface area contributed by atoms with E-state index in [4.69, 9.17) is 0 Å². The first-order valence-corrected chi connectivity index (χ1v) is 6.39. The van der Waals surface area contributed by atoms with E-state index in [1.165, 1.54) is 11.1 Å². The van der Waals surface area contributed by atoms with Crippen LogP contribution in [0.5, 0.6) is 5.75 Å². The molecule has 3 rings (SSSR count). The van der Waals surface area contributed by atoms with Gasteiger partial charge in [-0.05, 0) is 41.8 Å². The van der Waals surface area contributed by atoms with Gasteiger partial charge in [0.1, 0.15) is 5.75 Å². The number of benzene rings is 2. The predicted molar refractivity (Wildman–Crippen MR) is 73.0 cm³/mol. The number of aromatic hydroxyl groups is 1. The zero-order valence-corrected chi connectivity index (χ0v) is 10.5. The van der Waals surface area contributed by atoms with Crippen LogP contribution in [0.15, 0.2) is 48.5 Å². The van der Waals surface area contributed by atoms with Crippen molar-refractivity contribution in [3.63, 3.8) is 0 Å². The van der Waals surface area contributed by atoms with E-state index in [0.29, 0.717) is 12.1 Å². The molecule has 1 amide bonds. The Morgan fingerprint density at radius 3 is 2.42 bits per heavy atom. The van der Waals surface area contributed by atoms with E-state index in [-0.39, 0.29) is 11.7 Å². The lowest BCUT2D eigenvalue weighted by Gasteiger charge is -2.29. The molecule has 1 N–H and O–H groups in total. The molecule has 1 heterocycles. The molecule has 3 nitrogen and oxygen atoms in total. The standard InChI is InChI=1S/C16H15NO2/c18-15-7-5-13(6-8-15)16(19)17-10-9-12-3-1-2-4-14(12)11-17/h1-8,18H,9-11H2. The molecule has 96 valence electrons. The summed E-state index contributed by atoms with van der Waals surface area (Å²) in [5.41, 5.74) is 3.18. The van der Waals surface area contributed by atoms with Crippen LogP contribution in [0, 0.1) is 0 Å². The predicted octanol–water partition coefficient (Wildman–Crippen LogP) is 2.59. The summed E-state index contributed by atoms with van der Waals surface area (Å²) >= 11 is 0. The minimum Gasteiger partial charge on any atom is -0.508 e. The number of hydrogen-bond donors (Lipinski definition) is 1. The van der Waals surface area contributed by atoms with Crippen LogP contribution in [0.1, 0.15) is 21.5 Å². The Balaban J connectivity index is 1.81. The molecule has 0 radical (unpaired) electrons. The fraction of sp³-hybridized carbons (Fsp3) is 0.188. The second-order valence-corrected chi connectivity index (χ2v) is 4.79. The van der Waals surface area contributed by atoms with Crippen molar-refractivity contribution in [3.05, 3.63) is 65.2 Å². The smallest absolute Gasteiger partial charge is 0.254 e. The average molecular weight is 253 g/mol. The third-order valence-corrected chi connectivity index (χ3v) is 3.53. The van der Waals surface area contributed by atoms with E-state index < -0.39 is 0 Å².